The number of benzene rings is 2. The first-order chi connectivity index (χ1) is 11.5. The molecule has 4 heteroatoms. The Morgan fingerprint density at radius 3 is 2.58 bits per heavy atom. The lowest BCUT2D eigenvalue weighted by molar-refractivity contribution is 0.102. The number of piperidine rings is 1. The van der Waals surface area contributed by atoms with E-state index in [1.807, 2.05) is 25.1 Å². The molecule has 1 heterocycles. The molecule has 0 bridgehead atoms. The molecule has 2 aromatic rings. The second-order valence-corrected chi connectivity index (χ2v) is 6.93. The van der Waals surface area contributed by atoms with Crippen LogP contribution in [-0.4, -0.2) is 18.5 Å². The highest BCUT2D eigenvalue weighted by atomic mass is 35.5. The molecule has 1 amide bonds. The van der Waals surface area contributed by atoms with Crippen LogP contribution >= 0.6 is 11.6 Å². The van der Waals surface area contributed by atoms with E-state index in [0.717, 1.165) is 17.8 Å². The van der Waals surface area contributed by atoms with Gasteiger partial charge in [-0.3, -0.25) is 4.79 Å². The molecule has 1 fully saturated rings. The van der Waals surface area contributed by atoms with Crippen molar-refractivity contribution in [3.8, 4) is 0 Å². The highest BCUT2D eigenvalue weighted by molar-refractivity contribution is 6.34. The van der Waals surface area contributed by atoms with E-state index in [-0.39, 0.29) is 5.91 Å². The molecule has 0 saturated carbocycles. The summed E-state index contributed by atoms with van der Waals surface area (Å²) in [5, 5.41) is 3.40. The molecule has 24 heavy (non-hydrogen) atoms. The van der Waals surface area contributed by atoms with Crippen LogP contribution in [0.4, 0.5) is 11.4 Å². The molecular formula is C20H23ClN2O. The molecule has 1 N–H and O–H groups in total. The molecule has 0 radical (unpaired) electrons. The lowest BCUT2D eigenvalue weighted by atomic mass is 10.0. The number of halogens is 1. The van der Waals surface area contributed by atoms with Gasteiger partial charge in [0.15, 0.2) is 0 Å². The summed E-state index contributed by atoms with van der Waals surface area (Å²) in [4.78, 5) is 14.8. The monoisotopic (exact) mass is 342 g/mol. The van der Waals surface area contributed by atoms with Gasteiger partial charge in [-0.15, -0.1) is 0 Å². The number of amides is 1. The first kappa shape index (κ1) is 16.8. The molecule has 0 aromatic heterocycles. The van der Waals surface area contributed by atoms with E-state index in [4.69, 9.17) is 11.6 Å². The normalized spacial score (nSPS) is 17.6. The van der Waals surface area contributed by atoms with Crippen LogP contribution in [0.15, 0.2) is 42.5 Å². The van der Waals surface area contributed by atoms with Gasteiger partial charge in [-0.1, -0.05) is 17.7 Å². The van der Waals surface area contributed by atoms with Crippen LogP contribution in [0.1, 0.15) is 42.1 Å². The van der Waals surface area contributed by atoms with Crippen molar-refractivity contribution in [1.29, 1.82) is 0 Å². The Balaban J connectivity index is 1.70. The zero-order chi connectivity index (χ0) is 17.1. The lowest BCUT2D eigenvalue weighted by Crippen LogP contribution is -2.37. The Morgan fingerprint density at radius 2 is 1.92 bits per heavy atom. The topological polar surface area (TPSA) is 32.3 Å². The van der Waals surface area contributed by atoms with Gasteiger partial charge in [-0.25, -0.2) is 0 Å². The van der Waals surface area contributed by atoms with E-state index in [9.17, 15) is 4.79 Å². The Kier molecular flexibility index (Phi) is 5.10. The maximum Gasteiger partial charge on any atom is 0.257 e. The third-order valence-electron chi connectivity index (χ3n) is 4.63. The fourth-order valence-electron chi connectivity index (χ4n) is 3.22. The zero-order valence-corrected chi connectivity index (χ0v) is 14.9. The van der Waals surface area contributed by atoms with Gasteiger partial charge in [0.2, 0.25) is 0 Å². The maximum atomic E-state index is 12.4. The molecule has 1 saturated heterocycles. The Hall–Kier alpha value is -2.00. The van der Waals surface area contributed by atoms with Crippen LogP contribution in [-0.2, 0) is 0 Å². The largest absolute Gasteiger partial charge is 0.369 e. The smallest absolute Gasteiger partial charge is 0.257 e. The quantitative estimate of drug-likeness (QED) is 0.823. The molecule has 0 spiro atoms. The first-order valence-corrected chi connectivity index (χ1v) is 8.86. The highest BCUT2D eigenvalue weighted by Gasteiger charge is 2.18. The van der Waals surface area contributed by atoms with Gasteiger partial charge in [0.25, 0.3) is 5.91 Å². The van der Waals surface area contributed by atoms with Crippen LogP contribution in [0, 0.1) is 6.92 Å². The van der Waals surface area contributed by atoms with Crippen molar-refractivity contribution < 1.29 is 4.79 Å². The maximum absolute atomic E-state index is 12.4. The van der Waals surface area contributed by atoms with Gasteiger partial charge in [0, 0.05) is 24.0 Å². The summed E-state index contributed by atoms with van der Waals surface area (Å²) in [5.74, 6) is -0.181. The molecule has 3 rings (SSSR count). The Morgan fingerprint density at radius 1 is 1.17 bits per heavy atom. The van der Waals surface area contributed by atoms with E-state index >= 15 is 0 Å². The van der Waals surface area contributed by atoms with Crippen molar-refractivity contribution in [2.45, 2.75) is 39.2 Å². The SMILES string of the molecule is Cc1ccc(C(=O)Nc2ccc(N3CCCCC3C)cc2)c(Cl)c1. The number of nitrogens with zero attached hydrogens (tertiary/aromatic N) is 1. The van der Waals surface area contributed by atoms with Gasteiger partial charge < -0.3 is 10.2 Å². The third kappa shape index (κ3) is 3.73. The van der Waals surface area contributed by atoms with Gasteiger partial charge in [-0.2, -0.15) is 0 Å². The third-order valence-corrected chi connectivity index (χ3v) is 4.94. The van der Waals surface area contributed by atoms with E-state index in [1.54, 1.807) is 12.1 Å². The fraction of sp³-hybridized carbons (Fsp3) is 0.350. The standard InChI is InChI=1S/C20H23ClN2O/c1-14-6-11-18(19(21)13-14)20(24)22-16-7-9-17(10-8-16)23-12-4-3-5-15(23)2/h6-11,13,15H,3-5,12H2,1-2H3,(H,22,24). The summed E-state index contributed by atoms with van der Waals surface area (Å²) in [6, 6.07) is 14.1. The van der Waals surface area contributed by atoms with E-state index in [1.165, 1.54) is 24.9 Å². The molecule has 0 aliphatic carbocycles. The average Bonchev–Trinajstić information content (AvgIpc) is 2.56. The Bertz CT molecular complexity index is 727. The second kappa shape index (κ2) is 7.27. The predicted octanol–water partition coefficient (Wildman–Crippen LogP) is 5.28. The molecule has 1 atom stereocenters. The number of aryl methyl sites for hydroxylation is 1. The van der Waals surface area contributed by atoms with Crippen molar-refractivity contribution >= 4 is 28.9 Å². The molecule has 1 unspecified atom stereocenters. The van der Waals surface area contributed by atoms with E-state index in [2.05, 4.69) is 29.3 Å². The minimum atomic E-state index is -0.181. The Labute approximate surface area is 148 Å². The summed E-state index contributed by atoms with van der Waals surface area (Å²) >= 11 is 6.17. The second-order valence-electron chi connectivity index (χ2n) is 6.52. The molecule has 3 nitrogen and oxygen atoms in total. The van der Waals surface area contributed by atoms with Crippen LogP contribution in [0.2, 0.25) is 5.02 Å². The van der Waals surface area contributed by atoms with Crippen LogP contribution in [0.25, 0.3) is 0 Å². The first-order valence-electron chi connectivity index (χ1n) is 8.49. The van der Waals surface area contributed by atoms with Crippen molar-refractivity contribution in [1.82, 2.24) is 0 Å². The van der Waals surface area contributed by atoms with Crippen LogP contribution < -0.4 is 10.2 Å². The van der Waals surface area contributed by atoms with Gasteiger partial charge in [-0.05, 0) is 75.1 Å². The van der Waals surface area contributed by atoms with Crippen molar-refractivity contribution in [2.24, 2.45) is 0 Å². The highest BCUT2D eigenvalue weighted by Crippen LogP contribution is 2.26. The fourth-order valence-corrected chi connectivity index (χ4v) is 3.54. The lowest BCUT2D eigenvalue weighted by Gasteiger charge is -2.35. The molecule has 2 aromatic carbocycles. The summed E-state index contributed by atoms with van der Waals surface area (Å²) < 4.78 is 0. The van der Waals surface area contributed by atoms with Crippen molar-refractivity contribution in [2.75, 3.05) is 16.8 Å². The number of hydrogen-bond donors (Lipinski definition) is 1. The number of carbonyl (C=O) groups excluding carboxylic acids is 1. The van der Waals surface area contributed by atoms with E-state index in [0.29, 0.717) is 16.6 Å². The number of nitrogens with one attached hydrogen (secondary N) is 1. The zero-order valence-electron chi connectivity index (χ0n) is 14.2. The van der Waals surface area contributed by atoms with Crippen molar-refractivity contribution in [3.05, 3.63) is 58.6 Å². The van der Waals surface area contributed by atoms with Gasteiger partial charge in [0.1, 0.15) is 0 Å². The summed E-state index contributed by atoms with van der Waals surface area (Å²) in [6.07, 6.45) is 3.79. The number of carbonyl (C=O) groups is 1. The van der Waals surface area contributed by atoms with Gasteiger partial charge >= 0.3 is 0 Å². The van der Waals surface area contributed by atoms with Crippen LogP contribution in [0.5, 0.6) is 0 Å². The predicted molar refractivity (Wildman–Crippen MR) is 101 cm³/mol. The number of rotatable bonds is 3. The molecular weight excluding hydrogens is 320 g/mol. The molecule has 1 aliphatic heterocycles. The van der Waals surface area contributed by atoms with Crippen molar-refractivity contribution in [3.63, 3.8) is 0 Å². The average molecular weight is 343 g/mol. The van der Waals surface area contributed by atoms with E-state index < -0.39 is 0 Å². The minimum absolute atomic E-state index is 0.181. The molecule has 1 aliphatic rings. The summed E-state index contributed by atoms with van der Waals surface area (Å²) in [7, 11) is 0. The number of hydrogen-bond acceptors (Lipinski definition) is 2. The van der Waals surface area contributed by atoms with Gasteiger partial charge in [0.05, 0.1) is 10.6 Å². The minimum Gasteiger partial charge on any atom is -0.369 e. The van der Waals surface area contributed by atoms with Crippen LogP contribution in [0.3, 0.4) is 0 Å². The molecule has 126 valence electrons. The summed E-state index contributed by atoms with van der Waals surface area (Å²) in [5.41, 5.74) is 3.53. The summed E-state index contributed by atoms with van der Waals surface area (Å²) in [6.45, 7) is 5.33. The number of anilines is 2.